The first-order valence-electron chi connectivity index (χ1n) is 9.78. The minimum absolute atomic E-state index is 0.382. The van der Waals surface area contributed by atoms with Gasteiger partial charge in [0.15, 0.2) is 0 Å². The molecule has 0 aliphatic rings. The van der Waals surface area contributed by atoms with E-state index < -0.39 is 23.2 Å². The van der Waals surface area contributed by atoms with E-state index in [9.17, 15) is 14.4 Å². The van der Waals surface area contributed by atoms with Crippen LogP contribution in [0.2, 0.25) is 0 Å². The lowest BCUT2D eigenvalue weighted by Gasteiger charge is -2.23. The van der Waals surface area contributed by atoms with Gasteiger partial charge in [0.2, 0.25) is 11.8 Å². The van der Waals surface area contributed by atoms with E-state index >= 15 is 0 Å². The van der Waals surface area contributed by atoms with E-state index in [0.717, 1.165) is 5.56 Å². The molecule has 0 saturated heterocycles. The Labute approximate surface area is 181 Å². The van der Waals surface area contributed by atoms with Gasteiger partial charge in [-0.2, -0.15) is 0 Å². The van der Waals surface area contributed by atoms with Gasteiger partial charge < -0.3 is 15.4 Å². The molecule has 0 saturated carbocycles. The third kappa shape index (κ3) is 4.98. The van der Waals surface area contributed by atoms with E-state index in [1.807, 2.05) is 36.4 Å². The van der Waals surface area contributed by atoms with Crippen LogP contribution < -0.4 is 10.6 Å². The van der Waals surface area contributed by atoms with Crippen molar-refractivity contribution in [3.8, 4) is 11.1 Å². The summed E-state index contributed by atoms with van der Waals surface area (Å²) in [5.74, 6) is -1.37. The molecule has 3 aromatic carbocycles. The van der Waals surface area contributed by atoms with Crippen molar-refractivity contribution in [1.29, 1.82) is 0 Å². The number of hydrogen-bond donors (Lipinski definition) is 2. The molecule has 0 heterocycles. The van der Waals surface area contributed by atoms with Gasteiger partial charge in [-0.15, -0.1) is 0 Å². The van der Waals surface area contributed by atoms with Crippen LogP contribution in [0, 0.1) is 5.41 Å². The van der Waals surface area contributed by atoms with Crippen molar-refractivity contribution in [2.45, 2.75) is 13.8 Å². The second-order valence-electron chi connectivity index (χ2n) is 7.52. The Bertz CT molecular complexity index is 1090. The minimum Gasteiger partial charge on any atom is -0.465 e. The molecule has 2 amide bonds. The molecule has 0 radical (unpaired) electrons. The van der Waals surface area contributed by atoms with E-state index in [-0.39, 0.29) is 0 Å². The van der Waals surface area contributed by atoms with Gasteiger partial charge in [-0.3, -0.25) is 9.59 Å². The van der Waals surface area contributed by atoms with Crippen LogP contribution in [0.15, 0.2) is 78.9 Å². The van der Waals surface area contributed by atoms with Crippen LogP contribution in [0.25, 0.3) is 11.1 Å². The minimum atomic E-state index is -1.33. The molecule has 0 unspecified atom stereocenters. The molecule has 0 fully saturated rings. The lowest BCUT2D eigenvalue weighted by Crippen LogP contribution is -2.41. The van der Waals surface area contributed by atoms with Crippen molar-refractivity contribution in [1.82, 2.24) is 0 Å². The zero-order valence-electron chi connectivity index (χ0n) is 17.6. The number of anilines is 2. The van der Waals surface area contributed by atoms with Crippen LogP contribution in [-0.2, 0) is 14.3 Å². The molecule has 31 heavy (non-hydrogen) atoms. The average Bonchev–Trinajstić information content (AvgIpc) is 2.79. The Morgan fingerprint density at radius 3 is 1.87 bits per heavy atom. The van der Waals surface area contributed by atoms with Crippen molar-refractivity contribution < 1.29 is 19.1 Å². The van der Waals surface area contributed by atoms with E-state index in [4.69, 9.17) is 4.74 Å². The smallest absolute Gasteiger partial charge is 0.338 e. The Morgan fingerprint density at radius 2 is 1.29 bits per heavy atom. The number of nitrogens with one attached hydrogen (secondary N) is 2. The van der Waals surface area contributed by atoms with E-state index in [2.05, 4.69) is 10.6 Å². The van der Waals surface area contributed by atoms with E-state index in [1.165, 1.54) is 7.11 Å². The molecular formula is C25H24N2O4. The Morgan fingerprint density at radius 1 is 0.742 bits per heavy atom. The van der Waals surface area contributed by atoms with Gasteiger partial charge in [-0.1, -0.05) is 48.5 Å². The Hall–Kier alpha value is -3.93. The summed E-state index contributed by atoms with van der Waals surface area (Å²) < 4.78 is 4.88. The predicted octanol–water partition coefficient (Wildman–Crippen LogP) is 4.74. The monoisotopic (exact) mass is 416 g/mol. The maximum atomic E-state index is 12.9. The fourth-order valence-electron chi connectivity index (χ4n) is 2.97. The first-order chi connectivity index (χ1) is 14.8. The topological polar surface area (TPSA) is 84.5 Å². The van der Waals surface area contributed by atoms with Crippen molar-refractivity contribution >= 4 is 29.2 Å². The summed E-state index contributed by atoms with van der Waals surface area (Å²) in [6, 6.07) is 23.2. The Balaban J connectivity index is 1.85. The van der Waals surface area contributed by atoms with Crippen LogP contribution in [0.5, 0.6) is 0 Å². The number of para-hydroxylation sites is 1. The number of methoxy groups -OCH3 is 1. The van der Waals surface area contributed by atoms with Crippen molar-refractivity contribution in [2.24, 2.45) is 5.41 Å². The van der Waals surface area contributed by atoms with Crippen LogP contribution in [-0.4, -0.2) is 24.9 Å². The molecule has 158 valence electrons. The SMILES string of the molecule is COC(=O)c1ccc(NC(=O)C(C)(C)C(=O)Nc2ccccc2)cc1-c1ccccc1. The van der Waals surface area contributed by atoms with Gasteiger partial charge in [-0.25, -0.2) is 4.79 Å². The number of ether oxygens (including phenoxy) is 1. The summed E-state index contributed by atoms with van der Waals surface area (Å²) in [6.45, 7) is 3.11. The number of benzene rings is 3. The number of amides is 2. The quantitative estimate of drug-likeness (QED) is 0.449. The lowest BCUT2D eigenvalue weighted by atomic mass is 9.90. The molecule has 3 rings (SSSR count). The van der Waals surface area contributed by atoms with Crippen LogP contribution in [0.3, 0.4) is 0 Å². The number of carbonyl (C=O) groups excluding carboxylic acids is 3. The van der Waals surface area contributed by atoms with Gasteiger partial charge >= 0.3 is 5.97 Å². The molecule has 2 N–H and O–H groups in total. The Kier molecular flexibility index (Phi) is 6.50. The highest BCUT2D eigenvalue weighted by Crippen LogP contribution is 2.29. The number of carbonyl (C=O) groups is 3. The highest BCUT2D eigenvalue weighted by atomic mass is 16.5. The molecule has 0 bridgehead atoms. The van der Waals surface area contributed by atoms with Crippen molar-refractivity contribution in [3.63, 3.8) is 0 Å². The van der Waals surface area contributed by atoms with E-state index in [1.54, 1.807) is 56.3 Å². The fourth-order valence-corrected chi connectivity index (χ4v) is 2.97. The molecule has 3 aromatic rings. The molecular weight excluding hydrogens is 392 g/mol. The summed E-state index contributed by atoms with van der Waals surface area (Å²) in [5.41, 5.74) is 1.56. The second-order valence-corrected chi connectivity index (χ2v) is 7.52. The van der Waals surface area contributed by atoms with Crippen molar-refractivity contribution in [3.05, 3.63) is 84.4 Å². The molecule has 0 aliphatic heterocycles. The fraction of sp³-hybridized carbons (Fsp3) is 0.160. The van der Waals surface area contributed by atoms with Gasteiger partial charge in [0.25, 0.3) is 0 Å². The standard InChI is InChI=1S/C25H24N2O4/c1-25(2,23(29)26-18-12-8-5-9-13-18)24(30)27-19-14-15-20(22(28)31-3)21(16-19)17-10-6-4-7-11-17/h4-16H,1-3H3,(H,26,29)(H,27,30). The summed E-state index contributed by atoms with van der Waals surface area (Å²) in [6.07, 6.45) is 0. The molecule has 6 heteroatoms. The van der Waals surface area contributed by atoms with Crippen LogP contribution >= 0.6 is 0 Å². The number of rotatable bonds is 6. The van der Waals surface area contributed by atoms with Gasteiger partial charge in [0.1, 0.15) is 5.41 Å². The summed E-state index contributed by atoms with van der Waals surface area (Å²) in [5, 5.41) is 5.55. The largest absolute Gasteiger partial charge is 0.465 e. The van der Waals surface area contributed by atoms with Gasteiger partial charge in [0.05, 0.1) is 12.7 Å². The third-order valence-corrected chi connectivity index (χ3v) is 4.93. The van der Waals surface area contributed by atoms with Crippen LogP contribution in [0.1, 0.15) is 24.2 Å². The van der Waals surface area contributed by atoms with Gasteiger partial charge in [0, 0.05) is 11.4 Å². The molecule has 0 spiro atoms. The average molecular weight is 416 g/mol. The summed E-state index contributed by atoms with van der Waals surface area (Å²) in [7, 11) is 1.32. The summed E-state index contributed by atoms with van der Waals surface area (Å²) in [4.78, 5) is 37.8. The maximum absolute atomic E-state index is 12.9. The van der Waals surface area contributed by atoms with E-state index in [0.29, 0.717) is 22.5 Å². The third-order valence-electron chi connectivity index (χ3n) is 4.93. The maximum Gasteiger partial charge on any atom is 0.338 e. The van der Waals surface area contributed by atoms with Crippen LogP contribution in [0.4, 0.5) is 11.4 Å². The molecule has 0 atom stereocenters. The zero-order chi connectivity index (χ0) is 22.4. The normalized spacial score (nSPS) is 10.8. The first kappa shape index (κ1) is 21.8. The zero-order valence-corrected chi connectivity index (χ0v) is 17.6. The highest BCUT2D eigenvalue weighted by molar-refractivity contribution is 6.14. The number of hydrogen-bond acceptors (Lipinski definition) is 4. The predicted molar refractivity (Wildman–Crippen MR) is 121 cm³/mol. The lowest BCUT2D eigenvalue weighted by molar-refractivity contribution is -0.135. The first-order valence-corrected chi connectivity index (χ1v) is 9.78. The molecule has 0 aromatic heterocycles. The van der Waals surface area contributed by atoms with Gasteiger partial charge in [-0.05, 0) is 55.3 Å². The molecule has 0 aliphatic carbocycles. The number of esters is 1. The molecule has 6 nitrogen and oxygen atoms in total. The highest BCUT2D eigenvalue weighted by Gasteiger charge is 2.36. The summed E-state index contributed by atoms with van der Waals surface area (Å²) >= 11 is 0. The van der Waals surface area contributed by atoms with Crippen molar-refractivity contribution in [2.75, 3.05) is 17.7 Å². The second kappa shape index (κ2) is 9.26.